The smallest absolute Gasteiger partial charge is 0.253 e. The molecular formula is C13H16N2O3S. The van der Waals surface area contributed by atoms with Gasteiger partial charge >= 0.3 is 0 Å². The summed E-state index contributed by atoms with van der Waals surface area (Å²) >= 11 is 0. The molecule has 0 spiro atoms. The number of carbonyl (C=O) groups excluding carboxylic acids is 1. The van der Waals surface area contributed by atoms with Gasteiger partial charge in [-0.05, 0) is 23.6 Å². The summed E-state index contributed by atoms with van der Waals surface area (Å²) in [4.78, 5) is 16.6. The third-order valence-corrected chi connectivity index (χ3v) is 3.87. The molecule has 102 valence electrons. The second kappa shape index (κ2) is 5.05. The molecule has 1 aromatic heterocycles. The molecule has 19 heavy (non-hydrogen) atoms. The van der Waals surface area contributed by atoms with E-state index in [1.54, 1.807) is 19.2 Å². The van der Waals surface area contributed by atoms with E-state index in [1.807, 2.05) is 18.3 Å². The zero-order chi connectivity index (χ0) is 14.0. The maximum Gasteiger partial charge on any atom is 0.253 e. The summed E-state index contributed by atoms with van der Waals surface area (Å²) in [7, 11) is -1.46. The lowest BCUT2D eigenvalue weighted by Crippen LogP contribution is -2.31. The van der Waals surface area contributed by atoms with Crippen LogP contribution in [0, 0.1) is 0 Å². The number of H-pyrrole nitrogens is 1. The van der Waals surface area contributed by atoms with Crippen molar-refractivity contribution in [1.82, 2.24) is 9.88 Å². The van der Waals surface area contributed by atoms with Gasteiger partial charge in [0.25, 0.3) is 5.91 Å². The van der Waals surface area contributed by atoms with Crippen LogP contribution in [0.1, 0.15) is 10.4 Å². The van der Waals surface area contributed by atoms with Crippen molar-refractivity contribution in [3.05, 3.63) is 36.0 Å². The maximum atomic E-state index is 12.1. The molecule has 0 unspecified atom stereocenters. The van der Waals surface area contributed by atoms with Crippen molar-refractivity contribution in [2.75, 3.05) is 25.6 Å². The summed E-state index contributed by atoms with van der Waals surface area (Å²) in [6, 6.07) is 7.31. The first-order valence-electron chi connectivity index (χ1n) is 5.87. The summed E-state index contributed by atoms with van der Waals surface area (Å²) < 4.78 is 22.2. The molecule has 1 heterocycles. The number of carbonyl (C=O) groups is 1. The molecule has 1 N–H and O–H groups in total. The van der Waals surface area contributed by atoms with Gasteiger partial charge in [0.15, 0.2) is 0 Å². The van der Waals surface area contributed by atoms with Gasteiger partial charge in [0.1, 0.15) is 9.84 Å². The molecule has 2 aromatic rings. The topological polar surface area (TPSA) is 70.2 Å². The van der Waals surface area contributed by atoms with Crippen molar-refractivity contribution >= 4 is 26.6 Å². The van der Waals surface area contributed by atoms with Crippen LogP contribution in [0.2, 0.25) is 0 Å². The number of nitrogens with zero attached hydrogens (tertiary/aromatic N) is 1. The van der Waals surface area contributed by atoms with Gasteiger partial charge in [0, 0.05) is 37.1 Å². The van der Waals surface area contributed by atoms with E-state index >= 15 is 0 Å². The van der Waals surface area contributed by atoms with Crippen LogP contribution >= 0.6 is 0 Å². The molecule has 5 nitrogen and oxygen atoms in total. The third kappa shape index (κ3) is 3.35. The van der Waals surface area contributed by atoms with Gasteiger partial charge in [0.2, 0.25) is 0 Å². The highest BCUT2D eigenvalue weighted by Crippen LogP contribution is 2.15. The molecule has 0 bridgehead atoms. The van der Waals surface area contributed by atoms with E-state index in [-0.39, 0.29) is 18.2 Å². The summed E-state index contributed by atoms with van der Waals surface area (Å²) in [5.41, 5.74) is 1.44. The summed E-state index contributed by atoms with van der Waals surface area (Å²) in [5.74, 6) is -0.208. The molecule has 0 aliphatic rings. The van der Waals surface area contributed by atoms with E-state index in [9.17, 15) is 13.2 Å². The molecule has 0 fully saturated rings. The van der Waals surface area contributed by atoms with Crippen molar-refractivity contribution in [3.63, 3.8) is 0 Å². The largest absolute Gasteiger partial charge is 0.361 e. The lowest BCUT2D eigenvalue weighted by Gasteiger charge is -2.16. The van der Waals surface area contributed by atoms with E-state index in [1.165, 1.54) is 4.90 Å². The van der Waals surface area contributed by atoms with E-state index in [0.717, 1.165) is 17.2 Å². The fourth-order valence-electron chi connectivity index (χ4n) is 1.81. The Morgan fingerprint density at radius 3 is 2.74 bits per heavy atom. The van der Waals surface area contributed by atoms with Gasteiger partial charge in [-0.25, -0.2) is 8.42 Å². The molecule has 0 aliphatic heterocycles. The number of hydrogen-bond donors (Lipinski definition) is 1. The fourth-order valence-corrected chi connectivity index (χ4v) is 2.41. The molecule has 1 aromatic carbocycles. The lowest BCUT2D eigenvalue weighted by molar-refractivity contribution is 0.0803. The Labute approximate surface area is 112 Å². The minimum atomic E-state index is -3.06. The Balaban J connectivity index is 2.14. The molecule has 2 rings (SSSR count). The highest BCUT2D eigenvalue weighted by molar-refractivity contribution is 7.90. The number of nitrogens with one attached hydrogen (secondary N) is 1. The van der Waals surface area contributed by atoms with E-state index in [4.69, 9.17) is 0 Å². The molecule has 0 atom stereocenters. The summed E-state index contributed by atoms with van der Waals surface area (Å²) in [5, 5.41) is 1.04. The second-order valence-corrected chi connectivity index (χ2v) is 6.90. The number of aromatic nitrogens is 1. The number of sulfone groups is 1. The Kier molecular flexibility index (Phi) is 3.61. The number of benzene rings is 1. The average Bonchev–Trinajstić information content (AvgIpc) is 2.81. The molecule has 0 saturated heterocycles. The number of amides is 1. The quantitative estimate of drug-likeness (QED) is 0.917. The lowest BCUT2D eigenvalue weighted by atomic mass is 10.1. The third-order valence-electron chi connectivity index (χ3n) is 2.95. The zero-order valence-corrected chi connectivity index (χ0v) is 11.7. The predicted molar refractivity (Wildman–Crippen MR) is 75.0 cm³/mol. The highest BCUT2D eigenvalue weighted by atomic mass is 32.2. The van der Waals surface area contributed by atoms with E-state index in [0.29, 0.717) is 5.56 Å². The standard InChI is InChI=1S/C13H16N2O3S/c1-15(7-8-19(2,17)18)13(16)11-4-3-10-5-6-14-12(10)9-11/h3-6,9,14H,7-8H2,1-2H3. The monoisotopic (exact) mass is 280 g/mol. The highest BCUT2D eigenvalue weighted by Gasteiger charge is 2.14. The van der Waals surface area contributed by atoms with Gasteiger partial charge in [-0.15, -0.1) is 0 Å². The van der Waals surface area contributed by atoms with Crippen molar-refractivity contribution in [2.24, 2.45) is 0 Å². The van der Waals surface area contributed by atoms with Crippen molar-refractivity contribution < 1.29 is 13.2 Å². The first kappa shape index (κ1) is 13.6. The van der Waals surface area contributed by atoms with Crippen LogP contribution in [0.5, 0.6) is 0 Å². The zero-order valence-electron chi connectivity index (χ0n) is 10.9. The average molecular weight is 280 g/mol. The molecular weight excluding hydrogens is 264 g/mol. The Hall–Kier alpha value is -1.82. The van der Waals surface area contributed by atoms with E-state index < -0.39 is 9.84 Å². The molecule has 0 saturated carbocycles. The molecule has 0 aliphatic carbocycles. The van der Waals surface area contributed by atoms with Gasteiger partial charge < -0.3 is 9.88 Å². The van der Waals surface area contributed by atoms with Crippen LogP contribution in [0.15, 0.2) is 30.5 Å². The first-order chi connectivity index (χ1) is 8.87. The number of aromatic amines is 1. The number of fused-ring (bicyclic) bond motifs is 1. The van der Waals surface area contributed by atoms with Crippen molar-refractivity contribution in [3.8, 4) is 0 Å². The Morgan fingerprint density at radius 2 is 2.05 bits per heavy atom. The van der Waals surface area contributed by atoms with Gasteiger partial charge in [-0.3, -0.25) is 4.79 Å². The fraction of sp³-hybridized carbons (Fsp3) is 0.308. The van der Waals surface area contributed by atoms with Crippen LogP contribution in [0.4, 0.5) is 0 Å². The number of hydrogen-bond acceptors (Lipinski definition) is 3. The Bertz CT molecular complexity index is 704. The second-order valence-electron chi connectivity index (χ2n) is 4.64. The summed E-state index contributed by atoms with van der Waals surface area (Å²) in [6.07, 6.45) is 2.97. The molecule has 6 heteroatoms. The van der Waals surface area contributed by atoms with Gasteiger partial charge in [0.05, 0.1) is 5.75 Å². The van der Waals surface area contributed by atoms with Crippen LogP contribution in [-0.4, -0.2) is 49.8 Å². The normalized spacial score (nSPS) is 11.7. The van der Waals surface area contributed by atoms with Gasteiger partial charge in [-0.1, -0.05) is 6.07 Å². The Morgan fingerprint density at radius 1 is 1.32 bits per heavy atom. The van der Waals surface area contributed by atoms with Crippen LogP contribution in [0.25, 0.3) is 10.9 Å². The van der Waals surface area contributed by atoms with Crippen LogP contribution in [0.3, 0.4) is 0 Å². The van der Waals surface area contributed by atoms with Crippen molar-refractivity contribution in [1.29, 1.82) is 0 Å². The van der Waals surface area contributed by atoms with Crippen LogP contribution in [-0.2, 0) is 9.84 Å². The predicted octanol–water partition coefficient (Wildman–Crippen LogP) is 1.28. The van der Waals surface area contributed by atoms with Crippen molar-refractivity contribution in [2.45, 2.75) is 0 Å². The molecule has 1 amide bonds. The maximum absolute atomic E-state index is 12.1. The number of rotatable bonds is 4. The van der Waals surface area contributed by atoms with Crippen LogP contribution < -0.4 is 0 Å². The van der Waals surface area contributed by atoms with Gasteiger partial charge in [-0.2, -0.15) is 0 Å². The minimum Gasteiger partial charge on any atom is -0.361 e. The molecule has 0 radical (unpaired) electrons. The first-order valence-corrected chi connectivity index (χ1v) is 7.93. The van der Waals surface area contributed by atoms with E-state index in [2.05, 4.69) is 4.98 Å². The minimum absolute atomic E-state index is 0.0278. The SMILES string of the molecule is CN(CCS(C)(=O)=O)C(=O)c1ccc2cc[nH]c2c1. The summed E-state index contributed by atoms with van der Waals surface area (Å²) in [6.45, 7) is 0.195.